The predicted molar refractivity (Wildman–Crippen MR) is 119 cm³/mol. The Morgan fingerprint density at radius 2 is 1.65 bits per heavy atom. The van der Waals surface area contributed by atoms with E-state index in [2.05, 4.69) is 5.32 Å². The number of benzene rings is 2. The number of hydrogen-bond acceptors (Lipinski definition) is 6. The molecule has 2 amide bonds. The zero-order chi connectivity index (χ0) is 22.4. The Morgan fingerprint density at radius 1 is 1.03 bits per heavy atom. The standard InChI is InChI=1S/C22H27N3O5S/c1-24(2)20(26)16-30-19-10-8-18(9-11-19)23-22(27)21(17-6-4-3-5-7-17)25-12-14-31(28,29)15-13-25/h3-11,21H,12-16H2,1-2H3,(H,23,27). The third-order valence-electron chi connectivity index (χ3n) is 5.09. The van der Waals surface area contributed by atoms with Crippen LogP contribution in [0.3, 0.4) is 0 Å². The predicted octanol–water partition coefficient (Wildman–Crippen LogP) is 1.56. The van der Waals surface area contributed by atoms with E-state index in [1.54, 1.807) is 38.4 Å². The summed E-state index contributed by atoms with van der Waals surface area (Å²) in [5.74, 6) is 0.227. The molecule has 166 valence electrons. The van der Waals surface area contributed by atoms with Gasteiger partial charge in [0.15, 0.2) is 16.4 Å². The first kappa shape index (κ1) is 22.8. The van der Waals surface area contributed by atoms with Crippen molar-refractivity contribution in [2.75, 3.05) is 50.6 Å². The van der Waals surface area contributed by atoms with E-state index in [0.29, 0.717) is 24.5 Å². The van der Waals surface area contributed by atoms with Gasteiger partial charge in [-0.1, -0.05) is 30.3 Å². The summed E-state index contributed by atoms with van der Waals surface area (Å²) in [5, 5.41) is 2.91. The third-order valence-corrected chi connectivity index (χ3v) is 6.70. The summed E-state index contributed by atoms with van der Waals surface area (Å²) < 4.78 is 29.1. The van der Waals surface area contributed by atoms with Crippen LogP contribution in [0.4, 0.5) is 5.69 Å². The number of nitrogens with one attached hydrogen (secondary N) is 1. The van der Waals surface area contributed by atoms with Gasteiger partial charge < -0.3 is 15.0 Å². The van der Waals surface area contributed by atoms with Crippen LogP contribution < -0.4 is 10.1 Å². The highest BCUT2D eigenvalue weighted by atomic mass is 32.2. The molecule has 1 N–H and O–H groups in total. The van der Waals surface area contributed by atoms with Crippen LogP contribution >= 0.6 is 0 Å². The van der Waals surface area contributed by atoms with E-state index < -0.39 is 15.9 Å². The van der Waals surface area contributed by atoms with Gasteiger partial charge in [-0.3, -0.25) is 14.5 Å². The van der Waals surface area contributed by atoms with Crippen LogP contribution in [0.15, 0.2) is 54.6 Å². The summed E-state index contributed by atoms with van der Waals surface area (Å²) >= 11 is 0. The van der Waals surface area contributed by atoms with Crippen LogP contribution in [0.2, 0.25) is 0 Å². The van der Waals surface area contributed by atoms with Gasteiger partial charge in [0, 0.05) is 32.9 Å². The van der Waals surface area contributed by atoms with Crippen LogP contribution in [-0.4, -0.2) is 75.3 Å². The van der Waals surface area contributed by atoms with Crippen LogP contribution in [0.5, 0.6) is 5.75 Å². The number of sulfone groups is 1. The maximum atomic E-state index is 13.2. The molecule has 1 fully saturated rings. The van der Waals surface area contributed by atoms with E-state index >= 15 is 0 Å². The molecular weight excluding hydrogens is 418 g/mol. The molecular formula is C22H27N3O5S. The molecule has 1 heterocycles. The van der Waals surface area contributed by atoms with Crippen LogP contribution in [0.1, 0.15) is 11.6 Å². The zero-order valence-corrected chi connectivity index (χ0v) is 18.5. The van der Waals surface area contributed by atoms with Gasteiger partial charge in [0.05, 0.1) is 11.5 Å². The Bertz CT molecular complexity index is 993. The molecule has 0 radical (unpaired) electrons. The molecule has 31 heavy (non-hydrogen) atoms. The number of ether oxygens (including phenoxy) is 1. The van der Waals surface area contributed by atoms with Crippen LogP contribution in [0, 0.1) is 0 Å². The summed E-state index contributed by atoms with van der Waals surface area (Å²) in [5.41, 5.74) is 1.39. The smallest absolute Gasteiger partial charge is 0.259 e. The fraction of sp³-hybridized carbons (Fsp3) is 0.364. The van der Waals surface area contributed by atoms with E-state index in [1.807, 2.05) is 35.2 Å². The van der Waals surface area contributed by atoms with Crippen molar-refractivity contribution in [3.05, 3.63) is 60.2 Å². The zero-order valence-electron chi connectivity index (χ0n) is 17.7. The summed E-state index contributed by atoms with van der Waals surface area (Å²) in [6.45, 7) is 0.552. The lowest BCUT2D eigenvalue weighted by molar-refractivity contribution is -0.130. The lowest BCUT2D eigenvalue weighted by Gasteiger charge is -2.33. The maximum Gasteiger partial charge on any atom is 0.259 e. The molecule has 3 rings (SSSR count). The average molecular weight is 446 g/mol. The number of carbonyl (C=O) groups is 2. The molecule has 2 aromatic carbocycles. The van der Waals surface area contributed by atoms with Gasteiger partial charge in [-0.2, -0.15) is 0 Å². The lowest BCUT2D eigenvalue weighted by atomic mass is 10.0. The molecule has 1 saturated heterocycles. The number of likely N-dealkylation sites (N-methyl/N-ethyl adjacent to an activating group) is 1. The molecule has 0 bridgehead atoms. The Hall–Kier alpha value is -2.91. The monoisotopic (exact) mass is 445 g/mol. The minimum Gasteiger partial charge on any atom is -0.484 e. The summed E-state index contributed by atoms with van der Waals surface area (Å²) in [4.78, 5) is 28.1. The second-order valence-electron chi connectivity index (χ2n) is 7.59. The van der Waals surface area contributed by atoms with Gasteiger partial charge >= 0.3 is 0 Å². The minimum absolute atomic E-state index is 0.0430. The average Bonchev–Trinajstić information content (AvgIpc) is 2.75. The van der Waals surface area contributed by atoms with Crippen molar-refractivity contribution >= 4 is 27.3 Å². The molecule has 8 nitrogen and oxygen atoms in total. The first-order chi connectivity index (χ1) is 14.7. The Labute approximate surface area is 182 Å². The molecule has 0 aromatic heterocycles. The van der Waals surface area contributed by atoms with Gasteiger partial charge in [0.2, 0.25) is 5.91 Å². The first-order valence-corrected chi connectivity index (χ1v) is 11.8. The Kier molecular flexibility index (Phi) is 7.29. The molecule has 0 saturated carbocycles. The van der Waals surface area contributed by atoms with E-state index in [1.165, 1.54) is 4.90 Å². The van der Waals surface area contributed by atoms with Crippen LogP contribution in [0.25, 0.3) is 0 Å². The molecule has 0 spiro atoms. The summed E-state index contributed by atoms with van der Waals surface area (Å²) in [6, 6.07) is 15.5. The highest BCUT2D eigenvalue weighted by molar-refractivity contribution is 7.91. The van der Waals surface area contributed by atoms with Crippen molar-refractivity contribution in [1.29, 1.82) is 0 Å². The quantitative estimate of drug-likeness (QED) is 0.695. The van der Waals surface area contributed by atoms with Gasteiger partial charge in [0.25, 0.3) is 5.91 Å². The van der Waals surface area contributed by atoms with Crippen molar-refractivity contribution < 1.29 is 22.7 Å². The van der Waals surface area contributed by atoms with Gasteiger partial charge in [0.1, 0.15) is 11.8 Å². The van der Waals surface area contributed by atoms with Gasteiger partial charge in [-0.05, 0) is 29.8 Å². The van der Waals surface area contributed by atoms with Crippen molar-refractivity contribution in [2.24, 2.45) is 0 Å². The highest BCUT2D eigenvalue weighted by Gasteiger charge is 2.32. The molecule has 1 aliphatic heterocycles. The van der Waals surface area contributed by atoms with Crippen molar-refractivity contribution in [1.82, 2.24) is 9.80 Å². The van der Waals surface area contributed by atoms with Crippen molar-refractivity contribution in [3.63, 3.8) is 0 Å². The third kappa shape index (κ3) is 6.28. The molecule has 1 aliphatic rings. The molecule has 9 heteroatoms. The highest BCUT2D eigenvalue weighted by Crippen LogP contribution is 2.25. The van der Waals surface area contributed by atoms with E-state index in [9.17, 15) is 18.0 Å². The number of anilines is 1. The van der Waals surface area contributed by atoms with Gasteiger partial charge in [-0.25, -0.2) is 8.42 Å². The topological polar surface area (TPSA) is 96.0 Å². The first-order valence-electron chi connectivity index (χ1n) is 9.98. The second kappa shape index (κ2) is 9.93. The maximum absolute atomic E-state index is 13.2. The molecule has 1 atom stereocenters. The number of rotatable bonds is 7. The number of nitrogens with zero attached hydrogens (tertiary/aromatic N) is 2. The Morgan fingerprint density at radius 3 is 2.23 bits per heavy atom. The molecule has 2 aromatic rings. The number of hydrogen-bond donors (Lipinski definition) is 1. The molecule has 0 aliphatic carbocycles. The second-order valence-corrected chi connectivity index (χ2v) is 9.90. The largest absolute Gasteiger partial charge is 0.484 e. The SMILES string of the molecule is CN(C)C(=O)COc1ccc(NC(=O)C(c2ccccc2)N2CCS(=O)(=O)CC2)cc1. The minimum atomic E-state index is -3.05. The van der Waals surface area contributed by atoms with E-state index in [4.69, 9.17) is 4.74 Å². The Balaban J connectivity index is 1.70. The van der Waals surface area contributed by atoms with Gasteiger partial charge in [-0.15, -0.1) is 0 Å². The van der Waals surface area contributed by atoms with E-state index in [0.717, 1.165) is 5.56 Å². The normalized spacial score (nSPS) is 16.8. The lowest BCUT2D eigenvalue weighted by Crippen LogP contribution is -2.46. The van der Waals surface area contributed by atoms with Crippen molar-refractivity contribution in [2.45, 2.75) is 6.04 Å². The molecule has 1 unspecified atom stereocenters. The van der Waals surface area contributed by atoms with E-state index in [-0.39, 0.29) is 29.9 Å². The number of amides is 2. The summed E-state index contributed by atoms with van der Waals surface area (Å²) in [6.07, 6.45) is 0. The fourth-order valence-corrected chi connectivity index (χ4v) is 4.50. The summed E-state index contributed by atoms with van der Waals surface area (Å²) in [7, 11) is 0.264. The number of carbonyl (C=O) groups excluding carboxylic acids is 2. The van der Waals surface area contributed by atoms with Crippen molar-refractivity contribution in [3.8, 4) is 5.75 Å². The van der Waals surface area contributed by atoms with Crippen LogP contribution in [-0.2, 0) is 19.4 Å². The fourth-order valence-electron chi connectivity index (χ4n) is 3.27.